The Bertz CT molecular complexity index is 388. The normalized spacial score (nSPS) is 13.8. The summed E-state index contributed by atoms with van der Waals surface area (Å²) in [6.45, 7) is 2.84. The van der Waals surface area contributed by atoms with E-state index in [1.165, 1.54) is 38.5 Å². The van der Waals surface area contributed by atoms with Gasteiger partial charge in [0.2, 0.25) is 0 Å². The summed E-state index contributed by atoms with van der Waals surface area (Å²) in [6, 6.07) is 0. The van der Waals surface area contributed by atoms with Crippen LogP contribution in [0.2, 0.25) is 0 Å². The summed E-state index contributed by atoms with van der Waals surface area (Å²) in [7, 11) is 1.57. The number of halogens is 1. The van der Waals surface area contributed by atoms with Crippen molar-refractivity contribution < 1.29 is 40.2 Å². The second-order valence-corrected chi connectivity index (χ2v) is 8.74. The Balaban J connectivity index is 0. The summed E-state index contributed by atoms with van der Waals surface area (Å²) in [5, 5.41) is 0. The molecular formula is C17H37ClNO5P. The molecular weight excluding hydrogens is 365 g/mol. The molecule has 0 aromatic rings. The molecule has 0 fully saturated rings. The van der Waals surface area contributed by atoms with Crippen LogP contribution in [0.25, 0.3) is 0 Å². The van der Waals surface area contributed by atoms with Crippen LogP contribution in [0.1, 0.15) is 71.1 Å². The number of carbonyl (C=O) groups excluding carboxylic acids is 1. The highest BCUT2D eigenvalue weighted by Crippen LogP contribution is 2.43. The van der Waals surface area contributed by atoms with Crippen molar-refractivity contribution in [2.45, 2.75) is 71.1 Å². The van der Waals surface area contributed by atoms with E-state index in [2.05, 4.69) is 11.4 Å². The Labute approximate surface area is 159 Å². The Morgan fingerprint density at radius 2 is 1.44 bits per heavy atom. The average Bonchev–Trinajstić information content (AvgIpc) is 2.43. The highest BCUT2D eigenvalue weighted by atomic mass is 35.5. The van der Waals surface area contributed by atoms with Gasteiger partial charge in [0.1, 0.15) is 13.2 Å². The molecule has 6 nitrogen and oxygen atoms in total. The maximum absolute atomic E-state index is 11.7. The molecule has 0 aromatic carbocycles. The number of unbranched alkanes of at least 4 members (excludes halogenated alkanes) is 8. The van der Waals surface area contributed by atoms with Gasteiger partial charge in [-0.25, -0.2) is 4.57 Å². The van der Waals surface area contributed by atoms with Crippen LogP contribution in [-0.2, 0) is 18.4 Å². The third kappa shape index (κ3) is 20.0. The van der Waals surface area contributed by atoms with E-state index in [-0.39, 0.29) is 25.4 Å². The van der Waals surface area contributed by atoms with Crippen LogP contribution < -0.4 is 12.4 Å². The molecule has 0 amide bonds. The number of hydrogen-bond acceptors (Lipinski definition) is 4. The van der Waals surface area contributed by atoms with Crippen LogP contribution in [0, 0.1) is 0 Å². The Kier molecular flexibility index (Phi) is 16.2. The minimum atomic E-state index is -4.27. The second kappa shape index (κ2) is 15.0. The van der Waals surface area contributed by atoms with Gasteiger partial charge in [0.15, 0.2) is 0 Å². The van der Waals surface area contributed by atoms with Crippen LogP contribution in [0.15, 0.2) is 0 Å². The van der Waals surface area contributed by atoms with E-state index < -0.39 is 13.8 Å². The van der Waals surface area contributed by atoms with Gasteiger partial charge >= 0.3 is 13.8 Å². The quantitative estimate of drug-likeness (QED) is 0.254. The standard InChI is InChI=1S/C17H36NO5P.ClH/c1-5-6-7-8-9-10-11-12-13-14-17(19)23-24(20,21)22-16-15-18(2,3)4;/h5-16H2,1-4H3;1H. The predicted molar refractivity (Wildman–Crippen MR) is 96.6 cm³/mol. The molecule has 1 atom stereocenters. The molecule has 1 unspecified atom stereocenters. The van der Waals surface area contributed by atoms with Gasteiger partial charge in [0.25, 0.3) is 0 Å². The van der Waals surface area contributed by atoms with E-state index in [0.29, 0.717) is 17.4 Å². The third-order valence-electron chi connectivity index (χ3n) is 3.72. The molecule has 0 aromatic heterocycles. The molecule has 25 heavy (non-hydrogen) atoms. The summed E-state index contributed by atoms with van der Waals surface area (Å²) in [5.41, 5.74) is 0. The lowest BCUT2D eigenvalue weighted by Crippen LogP contribution is -3.00. The largest absolute Gasteiger partial charge is 1.00 e. The number of likely N-dealkylation sites (N-methyl/N-ethyl adjacent to an activating group) is 1. The van der Waals surface area contributed by atoms with Crippen molar-refractivity contribution in [3.63, 3.8) is 0 Å². The van der Waals surface area contributed by atoms with Crippen molar-refractivity contribution >= 4 is 13.8 Å². The molecule has 0 aliphatic heterocycles. The van der Waals surface area contributed by atoms with Crippen LogP contribution >= 0.6 is 7.82 Å². The Morgan fingerprint density at radius 1 is 0.960 bits per heavy atom. The monoisotopic (exact) mass is 401 g/mol. The van der Waals surface area contributed by atoms with E-state index in [4.69, 9.17) is 4.52 Å². The smallest absolute Gasteiger partial charge is 0.529 e. The SMILES string of the molecule is CCCCCCCCCCCC(=O)OP(=O)(O)OCC[N+](C)(C)C.[Cl-]. The molecule has 0 aliphatic rings. The van der Waals surface area contributed by atoms with Crippen molar-refractivity contribution in [2.24, 2.45) is 0 Å². The summed E-state index contributed by atoms with van der Waals surface area (Å²) in [4.78, 5) is 21.1. The van der Waals surface area contributed by atoms with E-state index in [1.807, 2.05) is 21.1 Å². The Morgan fingerprint density at radius 3 is 1.92 bits per heavy atom. The van der Waals surface area contributed by atoms with Gasteiger partial charge in [-0.05, 0) is 6.42 Å². The molecule has 0 saturated heterocycles. The zero-order valence-corrected chi connectivity index (χ0v) is 18.0. The number of rotatable bonds is 15. The first-order chi connectivity index (χ1) is 11.2. The average molecular weight is 402 g/mol. The highest BCUT2D eigenvalue weighted by Gasteiger charge is 2.26. The zero-order chi connectivity index (χ0) is 18.5. The maximum atomic E-state index is 11.7. The van der Waals surface area contributed by atoms with Crippen molar-refractivity contribution in [1.29, 1.82) is 0 Å². The molecule has 0 bridgehead atoms. The number of quaternary nitrogens is 1. The number of phosphoric ester groups is 1. The molecule has 152 valence electrons. The van der Waals surface area contributed by atoms with Gasteiger partial charge in [-0.2, -0.15) is 0 Å². The Hall–Kier alpha value is -0.130. The topological polar surface area (TPSA) is 72.8 Å². The molecule has 0 heterocycles. The molecule has 1 N–H and O–H groups in total. The minimum absolute atomic E-state index is 0. The van der Waals surface area contributed by atoms with Gasteiger partial charge < -0.3 is 21.4 Å². The van der Waals surface area contributed by atoms with Crippen LogP contribution in [0.3, 0.4) is 0 Å². The lowest BCUT2D eigenvalue weighted by Gasteiger charge is -2.23. The zero-order valence-electron chi connectivity index (χ0n) is 16.3. The van der Waals surface area contributed by atoms with Crippen molar-refractivity contribution in [1.82, 2.24) is 0 Å². The first kappa shape index (κ1) is 27.1. The lowest BCUT2D eigenvalue weighted by molar-refractivity contribution is -0.870. The van der Waals surface area contributed by atoms with Gasteiger partial charge in [-0.3, -0.25) is 14.2 Å². The number of nitrogens with zero attached hydrogens (tertiary/aromatic N) is 1. The van der Waals surface area contributed by atoms with Gasteiger partial charge in [-0.1, -0.05) is 58.3 Å². The molecule has 0 spiro atoms. The number of carbonyl (C=O) groups is 1. The van der Waals surface area contributed by atoms with Gasteiger partial charge in [-0.15, -0.1) is 0 Å². The second-order valence-electron chi connectivity index (χ2n) is 7.36. The molecule has 0 saturated carbocycles. The summed E-state index contributed by atoms with van der Waals surface area (Å²) < 4.78 is 21.6. The number of phosphoric acid groups is 1. The first-order valence-electron chi connectivity index (χ1n) is 9.16. The van der Waals surface area contributed by atoms with E-state index >= 15 is 0 Å². The fourth-order valence-electron chi connectivity index (χ4n) is 2.21. The van der Waals surface area contributed by atoms with Crippen LogP contribution in [-0.4, -0.2) is 49.6 Å². The summed E-state index contributed by atoms with van der Waals surface area (Å²) >= 11 is 0. The summed E-state index contributed by atoms with van der Waals surface area (Å²) in [6.07, 6.45) is 10.5. The minimum Gasteiger partial charge on any atom is -1.00 e. The molecule has 8 heteroatoms. The fourth-order valence-corrected chi connectivity index (χ4v) is 2.92. The van der Waals surface area contributed by atoms with Crippen LogP contribution in [0.4, 0.5) is 0 Å². The highest BCUT2D eigenvalue weighted by molar-refractivity contribution is 7.48. The lowest BCUT2D eigenvalue weighted by atomic mass is 10.1. The first-order valence-corrected chi connectivity index (χ1v) is 10.7. The van der Waals surface area contributed by atoms with Crippen molar-refractivity contribution in [2.75, 3.05) is 34.3 Å². The van der Waals surface area contributed by atoms with Crippen LogP contribution in [0.5, 0.6) is 0 Å². The maximum Gasteiger partial charge on any atom is 0.529 e. The number of hydrogen-bond donors (Lipinski definition) is 1. The van der Waals surface area contributed by atoms with Crippen molar-refractivity contribution in [3.8, 4) is 0 Å². The van der Waals surface area contributed by atoms with Gasteiger partial charge in [0.05, 0.1) is 21.1 Å². The predicted octanol–water partition coefficient (Wildman–Crippen LogP) is 1.28. The van der Waals surface area contributed by atoms with E-state index in [0.717, 1.165) is 12.8 Å². The van der Waals surface area contributed by atoms with Gasteiger partial charge in [0, 0.05) is 6.42 Å². The third-order valence-corrected chi connectivity index (χ3v) is 4.66. The van der Waals surface area contributed by atoms with E-state index in [1.54, 1.807) is 0 Å². The molecule has 0 rings (SSSR count). The summed E-state index contributed by atoms with van der Waals surface area (Å²) in [5.74, 6) is -0.658. The fraction of sp³-hybridized carbons (Fsp3) is 0.941. The molecule has 0 radical (unpaired) electrons. The molecule has 0 aliphatic carbocycles. The van der Waals surface area contributed by atoms with Crippen molar-refractivity contribution in [3.05, 3.63) is 0 Å². The van der Waals surface area contributed by atoms with E-state index in [9.17, 15) is 14.3 Å².